The highest BCUT2D eigenvalue weighted by molar-refractivity contribution is 6.47. The van der Waals surface area contributed by atoms with Crippen molar-refractivity contribution >= 4 is 24.7 Å². The van der Waals surface area contributed by atoms with Gasteiger partial charge in [0.1, 0.15) is 17.6 Å². The van der Waals surface area contributed by atoms with Gasteiger partial charge in [0.05, 0.1) is 35.8 Å². The summed E-state index contributed by atoms with van der Waals surface area (Å²) in [5, 5.41) is 15.6. The molecule has 7 rings (SSSR count). The molecule has 10 nitrogen and oxygen atoms in total. The van der Waals surface area contributed by atoms with E-state index in [0.717, 1.165) is 25.0 Å². The van der Waals surface area contributed by atoms with Gasteiger partial charge in [-0.2, -0.15) is 13.2 Å². The predicted octanol–water partition coefficient (Wildman–Crippen LogP) is 4.71. The van der Waals surface area contributed by atoms with E-state index in [9.17, 15) is 32.7 Å². The first-order valence-electron chi connectivity index (χ1n) is 15.9. The lowest BCUT2D eigenvalue weighted by atomic mass is 9.43. The summed E-state index contributed by atoms with van der Waals surface area (Å²) in [6.07, 6.45) is -1.22. The van der Waals surface area contributed by atoms with Gasteiger partial charge in [-0.25, -0.2) is 4.98 Å². The highest BCUT2D eigenvalue weighted by Gasteiger charge is 2.68. The van der Waals surface area contributed by atoms with E-state index in [1.807, 2.05) is 6.92 Å². The molecule has 5 aliphatic rings. The number of aromatic nitrogens is 2. The van der Waals surface area contributed by atoms with Crippen molar-refractivity contribution in [3.05, 3.63) is 57.8 Å². The fraction of sp³-hybridized carbons (Fsp3) is 0.625. The summed E-state index contributed by atoms with van der Waals surface area (Å²) in [5.41, 5.74) is -2.60. The van der Waals surface area contributed by atoms with Crippen LogP contribution < -0.4 is 16.2 Å². The summed E-state index contributed by atoms with van der Waals surface area (Å²) in [6.45, 7) is 10.1. The minimum atomic E-state index is -4.52. The van der Waals surface area contributed by atoms with E-state index in [2.05, 4.69) is 36.4 Å². The van der Waals surface area contributed by atoms with Crippen LogP contribution in [-0.2, 0) is 37.0 Å². The maximum absolute atomic E-state index is 14.0. The molecular weight excluding hydrogens is 604 g/mol. The van der Waals surface area contributed by atoms with Crippen molar-refractivity contribution in [1.29, 1.82) is 0 Å². The molecule has 3 N–H and O–H groups in total. The second kappa shape index (κ2) is 11.1. The number of alkyl halides is 3. The molecule has 0 spiro atoms. The topological polar surface area (TPSA) is 132 Å². The Balaban J connectivity index is 1.24. The van der Waals surface area contributed by atoms with Gasteiger partial charge in [-0.15, -0.1) is 0 Å². The van der Waals surface area contributed by atoms with Crippen molar-refractivity contribution in [2.45, 2.75) is 109 Å². The van der Waals surface area contributed by atoms with Crippen LogP contribution in [0.25, 0.3) is 0 Å². The summed E-state index contributed by atoms with van der Waals surface area (Å²) in [5.74, 6) is -1.05. The van der Waals surface area contributed by atoms with Crippen molar-refractivity contribution in [2.75, 3.05) is 5.32 Å². The first kappa shape index (κ1) is 32.6. The standard InChI is InChI=1S/C32H40BF3N4O6/c1-6-24(33-45-23-12-19-11-22(29(19,2)3)31(23,5)46-33)39-26(43)21-13-30(4,14-25(41)42)28-38-16-20(27(44)40(21)28)37-15-17-8-7-9-18(10-17)32(34,35)36/h7-10,16,19,21-24,37H,6,11-15H2,1-5H3,(H,39,43)(H,41,42)/t19-,21-,22-,23+,24-,30-,31-/m0/s1. The number of carbonyl (C=O) groups is 2. The van der Waals surface area contributed by atoms with Crippen LogP contribution in [0.4, 0.5) is 18.9 Å². The van der Waals surface area contributed by atoms with Crippen LogP contribution in [0.2, 0.25) is 0 Å². The molecule has 1 aromatic heterocycles. The van der Waals surface area contributed by atoms with E-state index < -0.39 is 59.3 Å². The van der Waals surface area contributed by atoms with Gasteiger partial charge in [0.15, 0.2) is 0 Å². The molecular formula is C32H40BF3N4O6. The summed E-state index contributed by atoms with van der Waals surface area (Å²) in [6, 6.07) is 3.66. The smallest absolute Gasteiger partial charge is 0.481 e. The predicted molar refractivity (Wildman–Crippen MR) is 163 cm³/mol. The van der Waals surface area contributed by atoms with Gasteiger partial charge < -0.3 is 25.0 Å². The number of nitrogens with one attached hydrogen (secondary N) is 2. The Morgan fingerprint density at radius 3 is 2.61 bits per heavy atom. The summed E-state index contributed by atoms with van der Waals surface area (Å²) in [7, 11) is -0.680. The summed E-state index contributed by atoms with van der Waals surface area (Å²) < 4.78 is 53.8. The number of anilines is 1. The lowest BCUT2D eigenvalue weighted by Gasteiger charge is -2.64. The Hall–Kier alpha value is -3.39. The number of aliphatic carboxylic acids is 1. The molecule has 2 bridgehead atoms. The highest BCUT2D eigenvalue weighted by Crippen LogP contribution is 2.65. The fourth-order valence-electron chi connectivity index (χ4n) is 8.40. The van der Waals surface area contributed by atoms with E-state index in [0.29, 0.717) is 23.8 Å². The number of carboxylic acids is 1. The summed E-state index contributed by atoms with van der Waals surface area (Å²) in [4.78, 5) is 44.1. The molecule has 1 amide bonds. The van der Waals surface area contributed by atoms with Crippen LogP contribution in [0.3, 0.4) is 0 Å². The molecule has 4 fully saturated rings. The molecule has 248 valence electrons. The largest absolute Gasteiger partial charge is 0.481 e. The van der Waals surface area contributed by atoms with Crippen LogP contribution in [0.15, 0.2) is 35.3 Å². The number of halogens is 3. The third kappa shape index (κ3) is 5.30. The zero-order valence-corrected chi connectivity index (χ0v) is 26.6. The number of carboxylic acid groups (broad SMARTS) is 1. The maximum Gasteiger partial charge on any atom is 0.481 e. The number of carbonyl (C=O) groups excluding carboxylic acids is 1. The zero-order chi connectivity index (χ0) is 33.4. The van der Waals surface area contributed by atoms with E-state index in [1.165, 1.54) is 22.9 Å². The van der Waals surface area contributed by atoms with Crippen molar-refractivity contribution < 1.29 is 37.2 Å². The molecule has 0 radical (unpaired) electrons. The number of amides is 1. The minimum absolute atomic E-state index is 0.0194. The first-order chi connectivity index (χ1) is 21.5. The zero-order valence-electron chi connectivity index (χ0n) is 26.6. The highest BCUT2D eigenvalue weighted by atomic mass is 19.4. The molecule has 7 atom stereocenters. The molecule has 2 aromatic rings. The lowest BCUT2D eigenvalue weighted by molar-refractivity contribution is -0.199. The first-order valence-corrected chi connectivity index (χ1v) is 15.9. The van der Waals surface area contributed by atoms with Gasteiger partial charge in [0.2, 0.25) is 5.91 Å². The van der Waals surface area contributed by atoms with Gasteiger partial charge in [0.25, 0.3) is 5.56 Å². The van der Waals surface area contributed by atoms with Gasteiger partial charge in [-0.3, -0.25) is 19.0 Å². The Labute approximate surface area is 265 Å². The number of hydrogen-bond acceptors (Lipinski definition) is 7. The Morgan fingerprint density at radius 2 is 1.96 bits per heavy atom. The van der Waals surface area contributed by atoms with Crippen molar-refractivity contribution in [2.24, 2.45) is 17.3 Å². The van der Waals surface area contributed by atoms with Crippen molar-refractivity contribution in [1.82, 2.24) is 14.9 Å². The van der Waals surface area contributed by atoms with Crippen molar-refractivity contribution in [3.8, 4) is 0 Å². The second-order valence-electron chi connectivity index (χ2n) is 14.4. The SMILES string of the molecule is CC[C@H](NC(=O)[C@@H]1C[C@@](C)(CC(=O)O)c2ncc(NCc3cccc(C(F)(F)F)c3)c(=O)n21)B1O[C@@H]2C[C@@H]3C[C@@H](C3(C)C)[C@]2(C)O1. The van der Waals surface area contributed by atoms with E-state index in [1.54, 1.807) is 6.92 Å². The molecule has 3 aliphatic carbocycles. The normalized spacial score (nSPS) is 31.4. The van der Waals surface area contributed by atoms with Crippen LogP contribution in [-0.4, -0.2) is 51.3 Å². The number of benzene rings is 1. The van der Waals surface area contributed by atoms with Crippen LogP contribution in [0, 0.1) is 17.3 Å². The van der Waals surface area contributed by atoms with Crippen LogP contribution in [0.5, 0.6) is 0 Å². The fourth-order valence-corrected chi connectivity index (χ4v) is 8.40. The monoisotopic (exact) mass is 644 g/mol. The average Bonchev–Trinajstić information content (AvgIpc) is 3.48. The van der Waals surface area contributed by atoms with Crippen LogP contribution >= 0.6 is 0 Å². The third-order valence-corrected chi connectivity index (χ3v) is 11.1. The van der Waals surface area contributed by atoms with E-state index in [4.69, 9.17) is 9.31 Å². The molecule has 46 heavy (non-hydrogen) atoms. The second-order valence-corrected chi connectivity index (χ2v) is 14.4. The lowest BCUT2D eigenvalue weighted by Crippen LogP contribution is -2.65. The quantitative estimate of drug-likeness (QED) is 0.335. The molecule has 1 saturated heterocycles. The molecule has 1 aromatic carbocycles. The molecule has 0 unspecified atom stereocenters. The van der Waals surface area contributed by atoms with Gasteiger partial charge in [0, 0.05) is 12.0 Å². The average molecular weight is 644 g/mol. The number of rotatable bonds is 9. The van der Waals surface area contributed by atoms with Gasteiger partial charge in [-0.1, -0.05) is 39.8 Å². The molecule has 3 heterocycles. The Bertz CT molecular complexity index is 1620. The number of fused-ring (bicyclic) bond motifs is 1. The minimum Gasteiger partial charge on any atom is -0.481 e. The maximum atomic E-state index is 14.0. The van der Waals surface area contributed by atoms with Gasteiger partial charge in [-0.05, 0) is 67.6 Å². The molecule has 14 heteroatoms. The Morgan fingerprint density at radius 1 is 1.22 bits per heavy atom. The van der Waals surface area contributed by atoms with Gasteiger partial charge >= 0.3 is 19.3 Å². The number of nitrogens with zero attached hydrogens (tertiary/aromatic N) is 2. The van der Waals surface area contributed by atoms with Crippen molar-refractivity contribution in [3.63, 3.8) is 0 Å². The third-order valence-electron chi connectivity index (χ3n) is 11.1. The molecule has 2 aliphatic heterocycles. The Kier molecular flexibility index (Phi) is 7.86. The molecule has 3 saturated carbocycles. The number of hydrogen-bond donors (Lipinski definition) is 3. The van der Waals surface area contributed by atoms with E-state index >= 15 is 0 Å². The van der Waals surface area contributed by atoms with E-state index in [-0.39, 0.29) is 42.4 Å². The summed E-state index contributed by atoms with van der Waals surface area (Å²) >= 11 is 0. The van der Waals surface area contributed by atoms with Crippen LogP contribution in [0.1, 0.15) is 89.7 Å².